The predicted molar refractivity (Wildman–Crippen MR) is 117 cm³/mol. The number of H-pyrrole nitrogens is 1. The van der Waals surface area contributed by atoms with Crippen molar-refractivity contribution in [1.82, 2.24) is 20.6 Å². The molecule has 3 heterocycles. The second kappa shape index (κ2) is 8.06. The summed E-state index contributed by atoms with van der Waals surface area (Å²) in [5, 5.41) is 15.9. The molecule has 0 unspecified atom stereocenters. The number of halogens is 2. The number of hydrogen-bond acceptors (Lipinski definition) is 7. The van der Waals surface area contributed by atoms with Gasteiger partial charge in [0.25, 0.3) is 5.91 Å². The Kier molecular flexibility index (Phi) is 5.08. The van der Waals surface area contributed by atoms with Crippen LogP contribution in [0.2, 0.25) is 5.02 Å². The molecule has 160 valence electrons. The molecule has 0 spiro atoms. The van der Waals surface area contributed by atoms with E-state index in [1.54, 1.807) is 24.3 Å². The first kappa shape index (κ1) is 20.2. The zero-order valence-corrected chi connectivity index (χ0v) is 17.7. The number of aromatic amines is 1. The minimum atomic E-state index is -0.734. The molecular weight excluding hydrogens is 457 g/mol. The fourth-order valence-electron chi connectivity index (χ4n) is 3.31. The number of ether oxygens (including phenoxy) is 1. The maximum Gasteiger partial charge on any atom is 0.253 e. The van der Waals surface area contributed by atoms with Crippen LogP contribution in [0.1, 0.15) is 15.2 Å². The minimum Gasteiger partial charge on any atom is -0.488 e. The zero-order chi connectivity index (χ0) is 22.2. The van der Waals surface area contributed by atoms with Crippen molar-refractivity contribution >= 4 is 39.8 Å². The van der Waals surface area contributed by atoms with Crippen LogP contribution < -0.4 is 10.5 Å². The molecule has 3 aromatic heterocycles. The summed E-state index contributed by atoms with van der Waals surface area (Å²) in [7, 11) is 0. The lowest BCUT2D eigenvalue weighted by atomic mass is 10.0. The molecule has 0 aliphatic carbocycles. The SMILES string of the molecule is NC(=O)c1c(-c2ccc(OCc3cc(Cl)cs3)cc2)oc2cc(-c3nnn[nH]3)c(F)cc12. The topological polar surface area (TPSA) is 120 Å². The Balaban J connectivity index is 1.50. The van der Waals surface area contributed by atoms with E-state index >= 15 is 0 Å². The van der Waals surface area contributed by atoms with Crippen LogP contribution in [0.4, 0.5) is 4.39 Å². The van der Waals surface area contributed by atoms with Crippen molar-refractivity contribution in [1.29, 1.82) is 0 Å². The van der Waals surface area contributed by atoms with Crippen LogP contribution in [-0.4, -0.2) is 26.5 Å². The van der Waals surface area contributed by atoms with Gasteiger partial charge in [0.05, 0.1) is 16.1 Å². The van der Waals surface area contributed by atoms with Crippen LogP contribution in [-0.2, 0) is 6.61 Å². The van der Waals surface area contributed by atoms with Crippen LogP contribution in [0.15, 0.2) is 52.3 Å². The quantitative estimate of drug-likeness (QED) is 0.368. The van der Waals surface area contributed by atoms with Gasteiger partial charge in [-0.25, -0.2) is 9.49 Å². The number of rotatable bonds is 6. The number of nitrogens with two attached hydrogens (primary N) is 1. The highest BCUT2D eigenvalue weighted by molar-refractivity contribution is 7.10. The molecule has 0 saturated heterocycles. The Morgan fingerprint density at radius 2 is 2.06 bits per heavy atom. The van der Waals surface area contributed by atoms with Crippen LogP contribution >= 0.6 is 22.9 Å². The van der Waals surface area contributed by atoms with Gasteiger partial charge in [0.1, 0.15) is 29.5 Å². The number of hydrogen-bond donors (Lipinski definition) is 2. The maximum absolute atomic E-state index is 14.7. The van der Waals surface area contributed by atoms with Gasteiger partial charge in [0.15, 0.2) is 5.82 Å². The average molecular weight is 470 g/mol. The van der Waals surface area contributed by atoms with E-state index in [0.29, 0.717) is 22.9 Å². The molecule has 0 atom stereocenters. The molecule has 5 aromatic rings. The zero-order valence-electron chi connectivity index (χ0n) is 16.1. The van der Waals surface area contributed by atoms with Crippen molar-refractivity contribution in [3.8, 4) is 28.5 Å². The number of nitrogens with zero attached hydrogens (tertiary/aromatic N) is 3. The smallest absolute Gasteiger partial charge is 0.253 e. The van der Waals surface area contributed by atoms with E-state index in [1.807, 2.05) is 11.4 Å². The molecule has 3 N–H and O–H groups in total. The Morgan fingerprint density at radius 1 is 1.25 bits per heavy atom. The van der Waals surface area contributed by atoms with E-state index in [4.69, 9.17) is 26.5 Å². The number of carbonyl (C=O) groups is 1. The summed E-state index contributed by atoms with van der Waals surface area (Å²) in [4.78, 5) is 13.2. The van der Waals surface area contributed by atoms with Gasteiger partial charge in [-0.15, -0.1) is 16.4 Å². The maximum atomic E-state index is 14.7. The van der Waals surface area contributed by atoms with E-state index in [9.17, 15) is 9.18 Å². The highest BCUT2D eigenvalue weighted by Gasteiger charge is 2.23. The number of thiophene rings is 1. The monoisotopic (exact) mass is 469 g/mol. The van der Waals surface area contributed by atoms with E-state index in [0.717, 1.165) is 4.88 Å². The van der Waals surface area contributed by atoms with Gasteiger partial charge >= 0.3 is 0 Å². The molecule has 0 aliphatic heterocycles. The summed E-state index contributed by atoms with van der Waals surface area (Å²) >= 11 is 7.43. The molecule has 2 aromatic carbocycles. The molecule has 0 fully saturated rings. The Morgan fingerprint density at radius 3 is 2.72 bits per heavy atom. The van der Waals surface area contributed by atoms with Gasteiger partial charge in [-0.1, -0.05) is 11.6 Å². The van der Waals surface area contributed by atoms with Gasteiger partial charge in [0.2, 0.25) is 0 Å². The molecule has 8 nitrogen and oxygen atoms in total. The number of aromatic nitrogens is 4. The summed E-state index contributed by atoms with van der Waals surface area (Å²) < 4.78 is 26.4. The van der Waals surface area contributed by atoms with Crippen molar-refractivity contribution in [2.75, 3.05) is 0 Å². The van der Waals surface area contributed by atoms with Crippen molar-refractivity contribution in [2.45, 2.75) is 6.61 Å². The summed E-state index contributed by atoms with van der Waals surface area (Å²) in [5.74, 6) is -0.362. The molecule has 0 aliphatic rings. The first-order valence-electron chi connectivity index (χ1n) is 9.25. The van der Waals surface area contributed by atoms with Crippen molar-refractivity contribution in [2.24, 2.45) is 5.73 Å². The Bertz CT molecular complexity index is 1430. The number of fused-ring (bicyclic) bond motifs is 1. The number of tetrazole rings is 1. The fourth-order valence-corrected chi connectivity index (χ4v) is 4.29. The van der Waals surface area contributed by atoms with Crippen LogP contribution in [0.3, 0.4) is 0 Å². The third-order valence-corrected chi connectivity index (χ3v) is 6.00. The minimum absolute atomic E-state index is 0.0861. The largest absolute Gasteiger partial charge is 0.488 e. The third kappa shape index (κ3) is 3.70. The third-order valence-electron chi connectivity index (χ3n) is 4.74. The standard InChI is InChI=1S/C21H13ClFN5O3S/c22-11-5-13(32-9-11)8-30-12-3-1-10(2-4-12)19-18(20(24)29)15-6-16(23)14(7-17(15)31-19)21-25-27-28-26-21/h1-7,9H,8H2,(H2,24,29)(H,25,26,27,28). The predicted octanol–water partition coefficient (Wildman–Crippen LogP) is 4.81. The number of nitrogens with one attached hydrogen (secondary N) is 1. The summed E-state index contributed by atoms with van der Waals surface area (Å²) in [6, 6.07) is 11.4. The number of furan rings is 1. The van der Waals surface area contributed by atoms with Crippen molar-refractivity contribution in [3.63, 3.8) is 0 Å². The number of benzene rings is 2. The Labute approximate surface area is 188 Å². The second-order valence-corrected chi connectivity index (χ2v) is 8.23. The van der Waals surface area contributed by atoms with Crippen LogP contribution in [0.5, 0.6) is 5.75 Å². The molecule has 0 saturated carbocycles. The van der Waals surface area contributed by atoms with Crippen molar-refractivity contribution in [3.05, 3.63) is 69.1 Å². The average Bonchev–Trinajstić information content (AvgIpc) is 3.51. The molecule has 0 radical (unpaired) electrons. The van der Waals surface area contributed by atoms with E-state index in [1.165, 1.54) is 23.5 Å². The van der Waals surface area contributed by atoms with E-state index in [2.05, 4.69) is 20.6 Å². The lowest BCUT2D eigenvalue weighted by Crippen LogP contribution is -2.11. The number of carbonyl (C=O) groups excluding carboxylic acids is 1. The first-order valence-corrected chi connectivity index (χ1v) is 10.5. The fraction of sp³-hybridized carbons (Fsp3) is 0.0476. The molecule has 11 heteroatoms. The highest BCUT2D eigenvalue weighted by Crippen LogP contribution is 2.37. The summed E-state index contributed by atoms with van der Waals surface area (Å²) in [6.45, 7) is 0.381. The molecule has 1 amide bonds. The van der Waals surface area contributed by atoms with E-state index < -0.39 is 11.7 Å². The second-order valence-electron chi connectivity index (χ2n) is 6.79. The van der Waals surface area contributed by atoms with Gasteiger partial charge < -0.3 is 14.9 Å². The molecule has 5 rings (SSSR count). The van der Waals surface area contributed by atoms with E-state index in [-0.39, 0.29) is 33.7 Å². The Hall–Kier alpha value is -3.76. The molecule has 0 bridgehead atoms. The van der Waals surface area contributed by atoms with Gasteiger partial charge in [0, 0.05) is 21.2 Å². The number of primary amides is 1. The first-order chi connectivity index (χ1) is 15.5. The van der Waals surface area contributed by atoms with Gasteiger partial charge in [-0.3, -0.25) is 4.79 Å². The lowest BCUT2D eigenvalue weighted by Gasteiger charge is -2.06. The molecular formula is C21H13ClFN5O3S. The summed E-state index contributed by atoms with van der Waals surface area (Å²) in [5.41, 5.74) is 6.65. The van der Waals surface area contributed by atoms with Crippen molar-refractivity contribution < 1.29 is 18.3 Å². The summed E-state index contributed by atoms with van der Waals surface area (Å²) in [6.07, 6.45) is 0. The van der Waals surface area contributed by atoms with Crippen LogP contribution in [0, 0.1) is 5.82 Å². The normalized spacial score (nSPS) is 11.2. The molecule has 32 heavy (non-hydrogen) atoms. The number of amides is 1. The highest BCUT2D eigenvalue weighted by atomic mass is 35.5. The van der Waals surface area contributed by atoms with Crippen LogP contribution in [0.25, 0.3) is 33.7 Å². The van der Waals surface area contributed by atoms with Gasteiger partial charge in [-0.2, -0.15) is 0 Å². The lowest BCUT2D eigenvalue weighted by molar-refractivity contribution is 0.100. The van der Waals surface area contributed by atoms with Gasteiger partial charge in [-0.05, 0) is 52.9 Å².